The van der Waals surface area contributed by atoms with Crippen molar-refractivity contribution in [3.8, 4) is 0 Å². The molecule has 3 aliphatic rings. The molecule has 3 heteroatoms. The Bertz CT molecular complexity index is 447. The summed E-state index contributed by atoms with van der Waals surface area (Å²) < 4.78 is 0. The van der Waals surface area contributed by atoms with Crippen LogP contribution in [0.3, 0.4) is 0 Å². The highest BCUT2D eigenvalue weighted by molar-refractivity contribution is 6.11. The molecule has 68 valence electrons. The maximum atomic E-state index is 4.38. The molecule has 0 radical (unpaired) electrons. The van der Waals surface area contributed by atoms with Gasteiger partial charge in [0.15, 0.2) is 0 Å². The summed E-state index contributed by atoms with van der Waals surface area (Å²) in [6.45, 7) is 0.690. The van der Waals surface area contributed by atoms with E-state index in [0.717, 1.165) is 17.1 Å². The van der Waals surface area contributed by atoms with Gasteiger partial charge in [0.25, 0.3) is 0 Å². The van der Waals surface area contributed by atoms with Crippen molar-refractivity contribution in [2.75, 3.05) is 6.54 Å². The third kappa shape index (κ3) is 1.06. The highest BCUT2D eigenvalue weighted by Crippen LogP contribution is 2.22. The van der Waals surface area contributed by atoms with E-state index in [0.29, 0.717) is 6.54 Å². The van der Waals surface area contributed by atoms with Gasteiger partial charge in [0.05, 0.1) is 12.3 Å². The number of nitrogens with zero attached hydrogens (tertiary/aromatic N) is 3. The molecule has 0 atom stereocenters. The molecule has 3 rings (SSSR count). The van der Waals surface area contributed by atoms with Crippen LogP contribution in [0, 0.1) is 0 Å². The summed E-state index contributed by atoms with van der Waals surface area (Å²) in [7, 11) is 0. The second-order valence-corrected chi connectivity index (χ2v) is 3.23. The molecule has 0 aliphatic carbocycles. The van der Waals surface area contributed by atoms with Crippen LogP contribution in [-0.2, 0) is 0 Å². The Morgan fingerprint density at radius 3 is 3.29 bits per heavy atom. The summed E-state index contributed by atoms with van der Waals surface area (Å²) in [5, 5.41) is 0. The number of hydrogen-bond donors (Lipinski definition) is 0. The molecule has 0 aromatic heterocycles. The van der Waals surface area contributed by atoms with Crippen molar-refractivity contribution in [2.24, 2.45) is 9.98 Å². The minimum absolute atomic E-state index is 0.690. The Hall–Kier alpha value is -1.90. The van der Waals surface area contributed by atoms with E-state index in [9.17, 15) is 0 Å². The molecular formula is C11H9N3. The number of hydrogen-bond acceptors (Lipinski definition) is 3. The van der Waals surface area contributed by atoms with Crippen molar-refractivity contribution < 1.29 is 0 Å². The van der Waals surface area contributed by atoms with Gasteiger partial charge in [-0.05, 0) is 18.2 Å². The van der Waals surface area contributed by atoms with Gasteiger partial charge in [-0.3, -0.25) is 9.98 Å². The van der Waals surface area contributed by atoms with Crippen LogP contribution in [0.5, 0.6) is 0 Å². The standard InChI is InChI=1S/C11H9N3/c1-2-6-14-8-11-10(7-9(14)3-1)12-4-5-13-11/h1-3,5-8H,4H2. The predicted molar refractivity (Wildman–Crippen MR) is 57.1 cm³/mol. The Labute approximate surface area is 82.2 Å². The summed E-state index contributed by atoms with van der Waals surface area (Å²) >= 11 is 0. The van der Waals surface area contributed by atoms with Crippen LogP contribution < -0.4 is 0 Å². The smallest absolute Gasteiger partial charge is 0.104 e. The molecule has 0 saturated heterocycles. The lowest BCUT2D eigenvalue weighted by Gasteiger charge is -2.25. The first-order valence-corrected chi connectivity index (χ1v) is 4.57. The zero-order valence-electron chi connectivity index (χ0n) is 7.59. The maximum absolute atomic E-state index is 4.38. The fourth-order valence-corrected chi connectivity index (χ4v) is 1.63. The molecule has 0 amide bonds. The number of aliphatic imine (C=N–C) groups is 2. The average molecular weight is 183 g/mol. The maximum Gasteiger partial charge on any atom is 0.104 e. The number of fused-ring (bicyclic) bond motifs is 2. The van der Waals surface area contributed by atoms with Crippen LogP contribution in [0.25, 0.3) is 0 Å². The zero-order valence-corrected chi connectivity index (χ0v) is 7.59. The van der Waals surface area contributed by atoms with Crippen LogP contribution in [0.1, 0.15) is 0 Å². The van der Waals surface area contributed by atoms with Gasteiger partial charge in [-0.15, -0.1) is 0 Å². The van der Waals surface area contributed by atoms with Gasteiger partial charge in [-0.25, -0.2) is 0 Å². The monoisotopic (exact) mass is 183 g/mol. The Balaban J connectivity index is 2.08. The second-order valence-electron chi connectivity index (χ2n) is 3.23. The lowest BCUT2D eigenvalue weighted by molar-refractivity contribution is 0.636. The van der Waals surface area contributed by atoms with Gasteiger partial charge in [-0.1, -0.05) is 6.08 Å². The minimum atomic E-state index is 0.690. The van der Waals surface area contributed by atoms with E-state index in [2.05, 4.69) is 27.0 Å². The van der Waals surface area contributed by atoms with Crippen molar-refractivity contribution in [2.45, 2.75) is 0 Å². The molecule has 0 bridgehead atoms. The highest BCUT2D eigenvalue weighted by atomic mass is 15.1. The van der Waals surface area contributed by atoms with Gasteiger partial charge < -0.3 is 4.90 Å². The summed E-state index contributed by atoms with van der Waals surface area (Å²) in [5.74, 6) is 0. The van der Waals surface area contributed by atoms with Crippen molar-refractivity contribution in [3.63, 3.8) is 0 Å². The molecule has 14 heavy (non-hydrogen) atoms. The molecule has 0 saturated carbocycles. The van der Waals surface area contributed by atoms with Crippen molar-refractivity contribution in [3.05, 3.63) is 48.1 Å². The van der Waals surface area contributed by atoms with E-state index in [1.165, 1.54) is 0 Å². The van der Waals surface area contributed by atoms with Crippen LogP contribution in [0.2, 0.25) is 0 Å². The Morgan fingerprint density at radius 1 is 1.29 bits per heavy atom. The fourth-order valence-electron chi connectivity index (χ4n) is 1.63. The number of allylic oxidation sites excluding steroid dienone is 4. The number of rotatable bonds is 0. The Kier molecular flexibility index (Phi) is 1.50. The van der Waals surface area contributed by atoms with Gasteiger partial charge in [-0.2, -0.15) is 0 Å². The molecule has 0 spiro atoms. The van der Waals surface area contributed by atoms with E-state index >= 15 is 0 Å². The SMILES string of the molecule is C1=CC2=CC3=NCC=NC3=CN2C=C1. The Morgan fingerprint density at radius 2 is 2.29 bits per heavy atom. The van der Waals surface area contributed by atoms with Gasteiger partial charge in [0.1, 0.15) is 5.70 Å². The fraction of sp³-hybridized carbons (Fsp3) is 0.0909. The second kappa shape index (κ2) is 2.80. The molecule has 0 N–H and O–H groups in total. The van der Waals surface area contributed by atoms with E-state index in [1.54, 1.807) is 0 Å². The zero-order chi connectivity index (χ0) is 9.38. The van der Waals surface area contributed by atoms with Crippen LogP contribution >= 0.6 is 0 Å². The van der Waals surface area contributed by atoms with Crippen molar-refractivity contribution in [1.82, 2.24) is 4.90 Å². The normalized spacial score (nSPS) is 22.3. The molecular weight excluding hydrogens is 174 g/mol. The van der Waals surface area contributed by atoms with Gasteiger partial charge in [0.2, 0.25) is 0 Å². The van der Waals surface area contributed by atoms with Crippen molar-refractivity contribution >= 4 is 11.9 Å². The summed E-state index contributed by atoms with van der Waals surface area (Å²) in [5.41, 5.74) is 3.07. The summed E-state index contributed by atoms with van der Waals surface area (Å²) in [4.78, 5) is 10.7. The van der Waals surface area contributed by atoms with Gasteiger partial charge >= 0.3 is 0 Å². The first kappa shape index (κ1) is 7.50. The highest BCUT2D eigenvalue weighted by Gasteiger charge is 2.16. The quantitative estimate of drug-likeness (QED) is 0.561. The van der Waals surface area contributed by atoms with Crippen molar-refractivity contribution in [1.29, 1.82) is 0 Å². The molecule has 3 aliphatic heterocycles. The van der Waals surface area contributed by atoms with E-state index in [1.807, 2.05) is 30.8 Å². The largest absolute Gasteiger partial charge is 0.322 e. The predicted octanol–water partition coefficient (Wildman–Crippen LogP) is 1.64. The average Bonchev–Trinajstić information content (AvgIpc) is 2.26. The van der Waals surface area contributed by atoms with Crippen LogP contribution in [0.4, 0.5) is 0 Å². The summed E-state index contributed by atoms with van der Waals surface area (Å²) in [6.07, 6.45) is 14.0. The first-order chi connectivity index (χ1) is 6.93. The molecule has 3 nitrogen and oxygen atoms in total. The third-order valence-electron chi connectivity index (χ3n) is 2.30. The summed E-state index contributed by atoms with van der Waals surface area (Å²) in [6, 6.07) is 0. The molecule has 0 unspecified atom stereocenters. The molecule has 3 heterocycles. The lowest BCUT2D eigenvalue weighted by atomic mass is 10.1. The molecule has 0 fully saturated rings. The van der Waals surface area contributed by atoms with E-state index in [-0.39, 0.29) is 0 Å². The van der Waals surface area contributed by atoms with E-state index in [4.69, 9.17) is 0 Å². The minimum Gasteiger partial charge on any atom is -0.322 e. The topological polar surface area (TPSA) is 28.0 Å². The molecule has 0 aromatic carbocycles. The van der Waals surface area contributed by atoms with Crippen LogP contribution in [-0.4, -0.2) is 23.4 Å². The lowest BCUT2D eigenvalue weighted by Crippen LogP contribution is -2.20. The van der Waals surface area contributed by atoms with E-state index < -0.39 is 0 Å². The molecule has 0 aromatic rings. The first-order valence-electron chi connectivity index (χ1n) is 4.57. The van der Waals surface area contributed by atoms with Crippen LogP contribution in [0.15, 0.2) is 58.1 Å². The third-order valence-corrected chi connectivity index (χ3v) is 2.30. The van der Waals surface area contributed by atoms with Gasteiger partial charge in [0, 0.05) is 24.3 Å².